The van der Waals surface area contributed by atoms with Gasteiger partial charge in [0.15, 0.2) is 0 Å². The monoisotopic (exact) mass is 366 g/mol. The molecule has 0 bridgehead atoms. The third-order valence-corrected chi connectivity index (χ3v) is 3.77. The SMILES string of the molecule is CCCNC(=O)c1cc(OC(F)(F)F)cc(C2CCNCC2)c1.Cl. The molecule has 1 aromatic rings. The van der Waals surface area contributed by atoms with Crippen LogP contribution in [0.2, 0.25) is 0 Å². The van der Waals surface area contributed by atoms with Gasteiger partial charge in [-0.1, -0.05) is 6.92 Å². The summed E-state index contributed by atoms with van der Waals surface area (Å²) in [6.07, 6.45) is -2.37. The maximum absolute atomic E-state index is 12.5. The number of rotatable bonds is 5. The molecule has 0 spiro atoms. The zero-order valence-corrected chi connectivity index (χ0v) is 14.2. The molecule has 8 heteroatoms. The average molecular weight is 367 g/mol. The van der Waals surface area contributed by atoms with Crippen LogP contribution in [0.5, 0.6) is 5.75 Å². The van der Waals surface area contributed by atoms with Gasteiger partial charge in [-0.3, -0.25) is 4.79 Å². The second kappa shape index (κ2) is 9.13. The Morgan fingerprint density at radius 2 is 1.96 bits per heavy atom. The van der Waals surface area contributed by atoms with Gasteiger partial charge in [0.2, 0.25) is 0 Å². The fourth-order valence-electron chi connectivity index (χ4n) is 2.68. The molecule has 0 radical (unpaired) electrons. The van der Waals surface area contributed by atoms with Crippen molar-refractivity contribution < 1.29 is 22.7 Å². The van der Waals surface area contributed by atoms with Gasteiger partial charge in [0.1, 0.15) is 5.75 Å². The van der Waals surface area contributed by atoms with E-state index in [9.17, 15) is 18.0 Å². The molecule has 1 aromatic carbocycles. The zero-order chi connectivity index (χ0) is 16.9. The maximum Gasteiger partial charge on any atom is 0.573 e. The van der Waals surface area contributed by atoms with Crippen molar-refractivity contribution in [3.8, 4) is 5.75 Å². The first-order valence-electron chi connectivity index (χ1n) is 7.78. The van der Waals surface area contributed by atoms with E-state index in [-0.39, 0.29) is 35.5 Å². The van der Waals surface area contributed by atoms with Crippen LogP contribution in [0.1, 0.15) is 48.0 Å². The van der Waals surface area contributed by atoms with Gasteiger partial charge in [0.05, 0.1) is 0 Å². The zero-order valence-electron chi connectivity index (χ0n) is 13.4. The molecule has 1 fully saturated rings. The minimum atomic E-state index is -4.77. The predicted molar refractivity (Wildman–Crippen MR) is 87.8 cm³/mol. The third kappa shape index (κ3) is 6.20. The summed E-state index contributed by atoms with van der Waals surface area (Å²) in [6, 6.07) is 4.20. The van der Waals surface area contributed by atoms with Crippen LogP contribution in [0.4, 0.5) is 13.2 Å². The summed E-state index contributed by atoms with van der Waals surface area (Å²) in [4.78, 5) is 12.1. The van der Waals surface area contributed by atoms with E-state index in [1.807, 2.05) is 6.92 Å². The lowest BCUT2D eigenvalue weighted by atomic mass is 9.89. The molecule has 4 nitrogen and oxygen atoms in total. The van der Waals surface area contributed by atoms with E-state index >= 15 is 0 Å². The first-order chi connectivity index (χ1) is 10.9. The van der Waals surface area contributed by atoms with Gasteiger partial charge in [-0.2, -0.15) is 0 Å². The van der Waals surface area contributed by atoms with Crippen molar-refractivity contribution in [2.75, 3.05) is 19.6 Å². The highest BCUT2D eigenvalue weighted by Crippen LogP contribution is 2.31. The molecule has 0 aromatic heterocycles. The van der Waals surface area contributed by atoms with Crippen LogP contribution in [-0.2, 0) is 0 Å². The molecule has 1 heterocycles. The number of alkyl halides is 3. The lowest BCUT2D eigenvalue weighted by molar-refractivity contribution is -0.274. The van der Waals surface area contributed by atoms with Crippen molar-refractivity contribution >= 4 is 18.3 Å². The summed E-state index contributed by atoms with van der Waals surface area (Å²) in [5.41, 5.74) is 0.920. The molecule has 0 unspecified atom stereocenters. The summed E-state index contributed by atoms with van der Waals surface area (Å²) in [5.74, 6) is -0.587. The van der Waals surface area contributed by atoms with Crippen LogP contribution in [0.25, 0.3) is 0 Å². The Hall–Kier alpha value is -1.47. The van der Waals surface area contributed by atoms with Gasteiger partial charge in [-0.05, 0) is 62.0 Å². The van der Waals surface area contributed by atoms with Gasteiger partial charge in [0, 0.05) is 12.1 Å². The first kappa shape index (κ1) is 20.6. The lowest BCUT2D eigenvalue weighted by Crippen LogP contribution is -2.27. The van der Waals surface area contributed by atoms with Crippen LogP contribution in [0, 0.1) is 0 Å². The topological polar surface area (TPSA) is 50.4 Å². The highest BCUT2D eigenvalue weighted by molar-refractivity contribution is 5.94. The highest BCUT2D eigenvalue weighted by Gasteiger charge is 2.32. The Morgan fingerprint density at radius 1 is 1.29 bits per heavy atom. The molecule has 1 aliphatic rings. The number of halogens is 4. The molecule has 136 valence electrons. The number of amides is 1. The molecule has 1 amide bonds. The van der Waals surface area contributed by atoms with Gasteiger partial charge in [-0.25, -0.2) is 0 Å². The fourth-order valence-corrected chi connectivity index (χ4v) is 2.68. The standard InChI is InChI=1S/C16H21F3N2O2.ClH/c1-2-5-21-15(22)13-8-12(11-3-6-20-7-4-11)9-14(10-13)23-16(17,18)19;/h8-11,20H,2-7H2,1H3,(H,21,22);1H. The number of benzene rings is 1. The average Bonchev–Trinajstić information content (AvgIpc) is 2.51. The van der Waals surface area contributed by atoms with E-state index in [1.165, 1.54) is 6.07 Å². The van der Waals surface area contributed by atoms with Gasteiger partial charge in [-0.15, -0.1) is 25.6 Å². The number of ether oxygens (including phenoxy) is 1. The summed E-state index contributed by atoms with van der Waals surface area (Å²) in [6.45, 7) is 4.01. The number of carbonyl (C=O) groups excluding carboxylic acids is 1. The Balaban J connectivity index is 0.00000288. The molecule has 1 aliphatic heterocycles. The van der Waals surface area contributed by atoms with Crippen LogP contribution in [0.3, 0.4) is 0 Å². The maximum atomic E-state index is 12.5. The largest absolute Gasteiger partial charge is 0.573 e. The number of nitrogens with one attached hydrogen (secondary N) is 2. The van der Waals surface area contributed by atoms with Gasteiger partial charge in [0.25, 0.3) is 5.91 Å². The molecule has 24 heavy (non-hydrogen) atoms. The summed E-state index contributed by atoms with van der Waals surface area (Å²) < 4.78 is 41.6. The molecule has 0 atom stereocenters. The van der Waals surface area contributed by atoms with Gasteiger partial charge >= 0.3 is 6.36 Å². The van der Waals surface area contributed by atoms with Crippen LogP contribution >= 0.6 is 12.4 Å². The normalized spacial score (nSPS) is 15.5. The molecule has 2 N–H and O–H groups in total. The first-order valence-corrected chi connectivity index (χ1v) is 7.78. The van der Waals surface area contributed by atoms with Crippen molar-refractivity contribution in [2.45, 2.75) is 38.5 Å². The third-order valence-electron chi connectivity index (χ3n) is 3.77. The minimum Gasteiger partial charge on any atom is -0.406 e. The summed E-state index contributed by atoms with van der Waals surface area (Å²) in [5, 5.41) is 5.89. The van der Waals surface area contributed by atoms with E-state index in [1.54, 1.807) is 6.07 Å². The fraction of sp³-hybridized carbons (Fsp3) is 0.562. The molecule has 2 rings (SSSR count). The van der Waals surface area contributed by atoms with E-state index in [0.29, 0.717) is 6.54 Å². The molecule has 1 saturated heterocycles. The van der Waals surface area contributed by atoms with Crippen LogP contribution < -0.4 is 15.4 Å². The number of hydrogen-bond acceptors (Lipinski definition) is 3. The highest BCUT2D eigenvalue weighted by atomic mass is 35.5. The van der Waals surface area contributed by atoms with Crippen molar-refractivity contribution in [1.29, 1.82) is 0 Å². The second-order valence-electron chi connectivity index (χ2n) is 5.62. The molecule has 0 aliphatic carbocycles. The minimum absolute atomic E-state index is 0. The Morgan fingerprint density at radius 3 is 2.54 bits per heavy atom. The van der Waals surface area contributed by atoms with Crippen molar-refractivity contribution in [3.05, 3.63) is 29.3 Å². The van der Waals surface area contributed by atoms with Crippen molar-refractivity contribution in [1.82, 2.24) is 10.6 Å². The number of hydrogen-bond donors (Lipinski definition) is 2. The van der Waals surface area contributed by atoms with E-state index in [4.69, 9.17) is 0 Å². The Bertz CT molecular complexity index is 547. The molecular weight excluding hydrogens is 345 g/mol. The molecular formula is C16H22ClF3N2O2. The van der Waals surface area contributed by atoms with E-state index in [0.717, 1.165) is 44.0 Å². The summed E-state index contributed by atoms with van der Waals surface area (Å²) >= 11 is 0. The lowest BCUT2D eigenvalue weighted by Gasteiger charge is -2.24. The second-order valence-corrected chi connectivity index (χ2v) is 5.62. The van der Waals surface area contributed by atoms with Crippen molar-refractivity contribution in [2.24, 2.45) is 0 Å². The quantitative estimate of drug-likeness (QED) is 0.837. The van der Waals surface area contributed by atoms with Gasteiger partial charge < -0.3 is 15.4 Å². The van der Waals surface area contributed by atoms with Crippen molar-refractivity contribution in [3.63, 3.8) is 0 Å². The smallest absolute Gasteiger partial charge is 0.406 e. The van der Waals surface area contributed by atoms with E-state index < -0.39 is 6.36 Å². The number of piperidine rings is 1. The molecule has 0 saturated carbocycles. The number of carbonyl (C=O) groups is 1. The Labute approximate surface area is 145 Å². The Kier molecular flexibility index (Phi) is 7.83. The summed E-state index contributed by atoms with van der Waals surface area (Å²) in [7, 11) is 0. The predicted octanol–water partition coefficient (Wildman–Crippen LogP) is 3.61. The van der Waals surface area contributed by atoms with Crippen LogP contribution in [-0.4, -0.2) is 31.9 Å². The van der Waals surface area contributed by atoms with E-state index in [2.05, 4.69) is 15.4 Å². The van der Waals surface area contributed by atoms with Crippen LogP contribution in [0.15, 0.2) is 18.2 Å².